The van der Waals surface area contributed by atoms with Crippen molar-refractivity contribution >= 4 is 33.4 Å². The Morgan fingerprint density at radius 3 is 2.75 bits per heavy atom. The lowest BCUT2D eigenvalue weighted by atomic mass is 10.0. The molecule has 24 heavy (non-hydrogen) atoms. The van der Waals surface area contributed by atoms with E-state index in [1.165, 1.54) is 18.7 Å². The molecule has 1 amide bonds. The molecule has 0 aliphatic heterocycles. The summed E-state index contributed by atoms with van der Waals surface area (Å²) in [6.45, 7) is 1.37. The summed E-state index contributed by atoms with van der Waals surface area (Å²) in [5.41, 5.74) is -0.384. The van der Waals surface area contributed by atoms with Crippen molar-refractivity contribution in [2.75, 3.05) is 13.7 Å². The maximum Gasteiger partial charge on any atom is 0.331 e. The number of aliphatic carboxylic acids is 1. The SMILES string of the molecule is COCC(C)(NC(=O)CCCCc1nc2ccccc2s1)C(=O)O. The lowest BCUT2D eigenvalue weighted by Gasteiger charge is -2.25. The molecule has 0 aliphatic rings. The molecule has 0 fully saturated rings. The number of hydrogen-bond donors (Lipinski definition) is 2. The highest BCUT2D eigenvalue weighted by atomic mass is 32.1. The first-order chi connectivity index (χ1) is 11.4. The van der Waals surface area contributed by atoms with Crippen molar-refractivity contribution < 1.29 is 19.4 Å². The highest BCUT2D eigenvalue weighted by molar-refractivity contribution is 7.18. The first kappa shape index (κ1) is 18.4. The number of benzene rings is 1. The number of carboxylic acid groups (broad SMARTS) is 1. The number of aromatic nitrogens is 1. The molecule has 2 aromatic rings. The second kappa shape index (κ2) is 8.21. The number of hydrogen-bond acceptors (Lipinski definition) is 5. The molecule has 0 aliphatic carbocycles. The van der Waals surface area contributed by atoms with Gasteiger partial charge >= 0.3 is 5.97 Å². The average Bonchev–Trinajstić information content (AvgIpc) is 2.94. The summed E-state index contributed by atoms with van der Waals surface area (Å²) in [4.78, 5) is 27.8. The van der Waals surface area contributed by atoms with Crippen LogP contribution in [0.3, 0.4) is 0 Å². The zero-order chi connectivity index (χ0) is 17.6. The van der Waals surface area contributed by atoms with Crippen LogP contribution in [0.5, 0.6) is 0 Å². The zero-order valence-corrected chi connectivity index (χ0v) is 14.7. The van der Waals surface area contributed by atoms with Crippen LogP contribution in [0.15, 0.2) is 24.3 Å². The van der Waals surface area contributed by atoms with E-state index in [0.717, 1.165) is 23.4 Å². The van der Waals surface area contributed by atoms with Crippen LogP contribution in [0.1, 0.15) is 31.2 Å². The predicted octanol–water partition coefficient (Wildman–Crippen LogP) is 2.62. The fourth-order valence-electron chi connectivity index (χ4n) is 2.40. The van der Waals surface area contributed by atoms with Gasteiger partial charge < -0.3 is 15.2 Å². The number of carboxylic acids is 1. The number of nitrogens with one attached hydrogen (secondary N) is 1. The summed E-state index contributed by atoms with van der Waals surface area (Å²) in [5.74, 6) is -1.38. The van der Waals surface area contributed by atoms with E-state index in [1.807, 2.05) is 24.3 Å². The number of unbranched alkanes of at least 4 members (excludes halogenated alkanes) is 1. The largest absolute Gasteiger partial charge is 0.479 e. The lowest BCUT2D eigenvalue weighted by molar-refractivity contribution is -0.149. The summed E-state index contributed by atoms with van der Waals surface area (Å²) in [6, 6.07) is 8.00. The van der Waals surface area contributed by atoms with Crippen molar-refractivity contribution in [1.29, 1.82) is 0 Å². The normalized spacial score (nSPS) is 13.6. The smallest absolute Gasteiger partial charge is 0.331 e. The fraction of sp³-hybridized carbons (Fsp3) is 0.471. The average molecular weight is 350 g/mol. The fourth-order valence-corrected chi connectivity index (χ4v) is 3.41. The van der Waals surface area contributed by atoms with Gasteiger partial charge in [0.1, 0.15) is 0 Å². The Balaban J connectivity index is 1.77. The molecule has 1 unspecified atom stereocenters. The van der Waals surface area contributed by atoms with E-state index in [9.17, 15) is 14.7 Å². The van der Waals surface area contributed by atoms with Crippen LogP contribution in [0.2, 0.25) is 0 Å². The van der Waals surface area contributed by atoms with Crippen LogP contribution < -0.4 is 5.32 Å². The van der Waals surface area contributed by atoms with E-state index < -0.39 is 11.5 Å². The molecule has 0 saturated heterocycles. The van der Waals surface area contributed by atoms with Crippen molar-refractivity contribution in [3.8, 4) is 0 Å². The highest BCUT2D eigenvalue weighted by Gasteiger charge is 2.34. The number of ether oxygens (including phenoxy) is 1. The molecule has 1 aromatic heterocycles. The molecule has 0 saturated carbocycles. The molecule has 6 nitrogen and oxygen atoms in total. The van der Waals surface area contributed by atoms with Gasteiger partial charge in [-0.1, -0.05) is 12.1 Å². The highest BCUT2D eigenvalue weighted by Crippen LogP contribution is 2.22. The molecule has 0 spiro atoms. The van der Waals surface area contributed by atoms with Crippen molar-refractivity contribution in [2.45, 2.75) is 38.1 Å². The van der Waals surface area contributed by atoms with E-state index >= 15 is 0 Å². The van der Waals surface area contributed by atoms with Crippen LogP contribution in [0, 0.1) is 0 Å². The summed E-state index contributed by atoms with van der Waals surface area (Å²) in [6.07, 6.45) is 2.63. The molecule has 1 heterocycles. The minimum Gasteiger partial charge on any atom is -0.479 e. The summed E-state index contributed by atoms with van der Waals surface area (Å²) < 4.78 is 6.05. The lowest BCUT2D eigenvalue weighted by Crippen LogP contribution is -2.55. The number of methoxy groups -OCH3 is 1. The summed E-state index contributed by atoms with van der Waals surface area (Å²) >= 11 is 1.67. The summed E-state index contributed by atoms with van der Waals surface area (Å²) in [5, 5.41) is 12.8. The van der Waals surface area contributed by atoms with Crippen molar-refractivity contribution in [3.05, 3.63) is 29.3 Å². The molecule has 2 rings (SSSR count). The minimum atomic E-state index is -1.39. The number of rotatable bonds is 9. The molecule has 1 aromatic carbocycles. The molecular weight excluding hydrogens is 328 g/mol. The topological polar surface area (TPSA) is 88.5 Å². The van der Waals surface area contributed by atoms with E-state index in [0.29, 0.717) is 6.42 Å². The van der Waals surface area contributed by atoms with Gasteiger partial charge in [0.2, 0.25) is 5.91 Å². The molecule has 0 bridgehead atoms. The molecule has 7 heteroatoms. The van der Waals surface area contributed by atoms with Crippen molar-refractivity contribution in [3.63, 3.8) is 0 Å². The number of carbonyl (C=O) groups is 2. The van der Waals surface area contributed by atoms with Crippen molar-refractivity contribution in [1.82, 2.24) is 10.3 Å². The molecule has 0 radical (unpaired) electrons. The third kappa shape index (κ3) is 4.75. The molecule has 130 valence electrons. The van der Waals surface area contributed by atoms with Gasteiger partial charge in [0, 0.05) is 13.5 Å². The van der Waals surface area contributed by atoms with E-state index in [-0.39, 0.29) is 18.9 Å². The van der Waals surface area contributed by atoms with Gasteiger partial charge in [-0.3, -0.25) is 4.79 Å². The Labute approximate surface area is 144 Å². The maximum atomic E-state index is 11.9. The third-order valence-corrected chi connectivity index (χ3v) is 4.80. The van der Waals surface area contributed by atoms with Crippen LogP contribution in [-0.2, 0) is 20.7 Å². The van der Waals surface area contributed by atoms with Gasteiger partial charge in [-0.25, -0.2) is 9.78 Å². The number of nitrogens with zero attached hydrogens (tertiary/aromatic N) is 1. The minimum absolute atomic E-state index is 0.0697. The first-order valence-corrected chi connectivity index (χ1v) is 8.64. The van der Waals surface area contributed by atoms with Crippen molar-refractivity contribution in [2.24, 2.45) is 0 Å². The number of amides is 1. The number of aryl methyl sites for hydroxylation is 1. The molecule has 2 N–H and O–H groups in total. The maximum absolute atomic E-state index is 11.9. The molecular formula is C17H22N2O4S. The Hall–Kier alpha value is -1.99. The zero-order valence-electron chi connectivity index (χ0n) is 13.9. The van der Waals surface area contributed by atoms with Crippen LogP contribution in [0.4, 0.5) is 0 Å². The van der Waals surface area contributed by atoms with Crippen LogP contribution in [0.25, 0.3) is 10.2 Å². The summed E-state index contributed by atoms with van der Waals surface area (Å²) in [7, 11) is 1.41. The van der Waals surface area contributed by atoms with Gasteiger partial charge in [-0.15, -0.1) is 11.3 Å². The van der Waals surface area contributed by atoms with Crippen LogP contribution in [-0.4, -0.2) is 41.2 Å². The van der Waals surface area contributed by atoms with E-state index in [1.54, 1.807) is 11.3 Å². The van der Waals surface area contributed by atoms with Gasteiger partial charge in [0.15, 0.2) is 5.54 Å². The molecule has 1 atom stereocenters. The number of thiazole rings is 1. The van der Waals surface area contributed by atoms with Gasteiger partial charge in [-0.2, -0.15) is 0 Å². The Bertz CT molecular complexity index is 682. The monoisotopic (exact) mass is 350 g/mol. The predicted molar refractivity (Wildman–Crippen MR) is 93.2 cm³/mol. The van der Waals surface area contributed by atoms with Gasteiger partial charge in [0.25, 0.3) is 0 Å². The number of carbonyl (C=O) groups excluding carboxylic acids is 1. The van der Waals surface area contributed by atoms with E-state index in [2.05, 4.69) is 10.3 Å². The van der Waals surface area contributed by atoms with E-state index in [4.69, 9.17) is 4.74 Å². The second-order valence-electron chi connectivity index (χ2n) is 5.90. The number of fused-ring (bicyclic) bond motifs is 1. The Kier molecular flexibility index (Phi) is 6.28. The second-order valence-corrected chi connectivity index (χ2v) is 7.02. The standard InChI is InChI=1S/C17H22N2O4S/c1-17(11-23-2,16(21)22)19-14(20)9-5-6-10-15-18-12-7-3-4-8-13(12)24-15/h3-4,7-8H,5-6,9-11H2,1-2H3,(H,19,20)(H,21,22). The Morgan fingerprint density at radius 2 is 2.08 bits per heavy atom. The first-order valence-electron chi connectivity index (χ1n) is 7.82. The third-order valence-electron chi connectivity index (χ3n) is 3.70. The van der Waals surface area contributed by atoms with Crippen LogP contribution >= 0.6 is 11.3 Å². The van der Waals surface area contributed by atoms with Gasteiger partial charge in [-0.05, 0) is 38.3 Å². The number of para-hydroxylation sites is 1. The van der Waals surface area contributed by atoms with Gasteiger partial charge in [0.05, 0.1) is 21.8 Å². The Morgan fingerprint density at radius 1 is 1.33 bits per heavy atom. The quantitative estimate of drug-likeness (QED) is 0.679.